The average molecular weight is 905 g/mol. The molecule has 0 bridgehead atoms. The number of aromatic amines is 1. The van der Waals surface area contributed by atoms with Crippen molar-refractivity contribution in [3.05, 3.63) is 114 Å². The van der Waals surface area contributed by atoms with Gasteiger partial charge in [-0.25, -0.2) is 4.99 Å². The largest absolute Gasteiger partial charge is 0.494 e. The Hall–Kier alpha value is -3.11. The molecule has 0 spiro atoms. The smallest absolute Gasteiger partial charge is 0.119 e. The van der Waals surface area contributed by atoms with E-state index in [9.17, 15) is 0 Å². The predicted molar refractivity (Wildman–Crippen MR) is 233 cm³/mol. The fourth-order valence-corrected chi connectivity index (χ4v) is 7.77. The number of hydrogen-bond donors (Lipinski definition) is 1. The zero-order chi connectivity index (χ0) is 35.4. The lowest BCUT2D eigenvalue weighted by Crippen LogP contribution is -2.02. The van der Waals surface area contributed by atoms with Crippen LogP contribution in [0.1, 0.15) is 113 Å². The molecule has 0 saturated heterocycles. The van der Waals surface area contributed by atoms with Gasteiger partial charge in [0.25, 0.3) is 0 Å². The second-order valence-electron chi connectivity index (χ2n) is 13.6. The van der Waals surface area contributed by atoms with Gasteiger partial charge in [0.05, 0.1) is 30.3 Å². The summed E-state index contributed by atoms with van der Waals surface area (Å²) in [5, 5.41) is 2.39. The van der Waals surface area contributed by atoms with E-state index in [2.05, 4.69) is 155 Å². The Morgan fingerprint density at radius 1 is 0.569 bits per heavy atom. The number of aromatic nitrogens is 1. The van der Waals surface area contributed by atoms with Crippen molar-refractivity contribution in [2.24, 2.45) is 4.99 Å². The average Bonchev–Trinajstić information content (AvgIpc) is 3.68. The third-order valence-electron chi connectivity index (χ3n) is 9.63. The molecule has 1 aliphatic heterocycles. The van der Waals surface area contributed by atoms with E-state index in [1.165, 1.54) is 82.1 Å². The molecule has 4 nitrogen and oxygen atoms in total. The molecule has 4 aromatic carbocycles. The van der Waals surface area contributed by atoms with Gasteiger partial charge >= 0.3 is 0 Å². The minimum atomic E-state index is 0.767. The predicted octanol–water partition coefficient (Wildman–Crippen LogP) is 13.9. The number of ether oxygens (including phenoxy) is 2. The monoisotopic (exact) mass is 904 g/mol. The lowest BCUT2D eigenvalue weighted by molar-refractivity contribution is 0.304. The highest BCUT2D eigenvalue weighted by atomic mass is 127. The summed E-state index contributed by atoms with van der Waals surface area (Å²) >= 11 is 4.81. The molecule has 1 N–H and O–H groups in total. The fraction of sp³-hybridized carbons (Fsp3) is 0.356. The van der Waals surface area contributed by atoms with E-state index in [0.29, 0.717) is 0 Å². The Morgan fingerprint density at radius 2 is 1.12 bits per heavy atom. The molecule has 0 aliphatic carbocycles. The van der Waals surface area contributed by atoms with Crippen molar-refractivity contribution < 1.29 is 9.47 Å². The molecule has 1 aliphatic rings. The summed E-state index contributed by atoms with van der Waals surface area (Å²) in [6.07, 6.45) is 17.4. The Bertz CT molecular complexity index is 1940. The lowest BCUT2D eigenvalue weighted by Gasteiger charge is -2.08. The summed E-state index contributed by atoms with van der Waals surface area (Å²) in [4.78, 5) is 9.06. The van der Waals surface area contributed by atoms with Crippen molar-refractivity contribution in [1.29, 1.82) is 0 Å². The summed E-state index contributed by atoms with van der Waals surface area (Å²) < 4.78 is 14.6. The number of hydrogen-bond acceptors (Lipinski definition) is 3. The number of halogens is 2. The number of rotatable bonds is 19. The highest BCUT2D eigenvalue weighted by Gasteiger charge is 2.23. The Balaban J connectivity index is 1.21. The number of nitrogens with one attached hydrogen (secondary N) is 1. The first kappa shape index (κ1) is 37.6. The molecule has 1 aromatic heterocycles. The van der Waals surface area contributed by atoms with Crippen LogP contribution in [0.4, 0.5) is 0 Å². The number of benzene rings is 4. The van der Waals surface area contributed by atoms with Crippen LogP contribution in [0.5, 0.6) is 11.5 Å². The minimum absolute atomic E-state index is 0.767. The molecule has 5 aromatic rings. The van der Waals surface area contributed by atoms with Gasteiger partial charge in [-0.05, 0) is 142 Å². The van der Waals surface area contributed by atoms with Crippen LogP contribution in [0, 0.1) is 7.14 Å². The van der Waals surface area contributed by atoms with Gasteiger partial charge < -0.3 is 14.5 Å². The van der Waals surface area contributed by atoms with Gasteiger partial charge in [-0.15, -0.1) is 0 Å². The van der Waals surface area contributed by atoms with Crippen LogP contribution < -0.4 is 9.47 Å². The first-order valence-corrected chi connectivity index (χ1v) is 21.1. The number of unbranched alkanes of at least 4 members (excludes halogenated alkanes) is 10. The van der Waals surface area contributed by atoms with Crippen LogP contribution in [0.2, 0.25) is 0 Å². The van der Waals surface area contributed by atoms with Crippen LogP contribution in [0.3, 0.4) is 0 Å². The standard InChI is InChI=1S/C45H50I2N2O2/c1-3-5-7-9-11-13-27-50-36-21-15-32(16-22-36)44-40-29-34(46)19-25-38(40)42(48-44)31-43-39-26-20-35(47)30-41(39)45(49-43)33-17-23-37(24-18-33)51-28-14-12-10-8-6-4-2/h15-26,29-31,48H,3-14,27-28H2,1-2H3/b43-31+. The second-order valence-corrected chi connectivity index (χ2v) is 16.1. The second kappa shape index (κ2) is 19.1. The SMILES string of the molecule is CCCCCCCCOc1ccc(C2=N/C(=C/c3[nH]c(-c4ccc(OCCCCCCCC)cc4)c4cc(I)ccc34)c3ccc(I)cc32)cc1. The van der Waals surface area contributed by atoms with E-state index in [1.807, 2.05) is 0 Å². The zero-order valence-corrected chi connectivity index (χ0v) is 34.4. The molecular formula is C45H50I2N2O2. The first-order valence-electron chi connectivity index (χ1n) is 18.9. The quantitative estimate of drug-likeness (QED) is 0.0663. The van der Waals surface area contributed by atoms with Crippen LogP contribution in [-0.2, 0) is 0 Å². The fourth-order valence-electron chi connectivity index (χ4n) is 6.78. The Kier molecular flexibility index (Phi) is 14.1. The molecule has 266 valence electrons. The molecular weight excluding hydrogens is 854 g/mol. The number of aliphatic imine (C=N–C) groups is 1. The van der Waals surface area contributed by atoms with Crippen LogP contribution in [0.25, 0.3) is 33.8 Å². The van der Waals surface area contributed by atoms with Gasteiger partial charge in [0.15, 0.2) is 0 Å². The zero-order valence-electron chi connectivity index (χ0n) is 30.1. The van der Waals surface area contributed by atoms with Gasteiger partial charge in [-0.1, -0.05) is 90.2 Å². The number of H-pyrrole nitrogens is 1. The van der Waals surface area contributed by atoms with Crippen molar-refractivity contribution in [2.45, 2.75) is 90.9 Å². The molecule has 0 unspecified atom stereocenters. The maximum atomic E-state index is 6.09. The molecule has 6 heteroatoms. The van der Waals surface area contributed by atoms with E-state index in [4.69, 9.17) is 14.5 Å². The number of fused-ring (bicyclic) bond motifs is 2. The molecule has 0 amide bonds. The van der Waals surface area contributed by atoms with Crippen LogP contribution in [0.15, 0.2) is 89.9 Å². The molecule has 0 atom stereocenters. The normalized spacial score (nSPS) is 13.2. The van der Waals surface area contributed by atoms with Crippen LogP contribution in [-0.4, -0.2) is 23.9 Å². The van der Waals surface area contributed by atoms with Gasteiger partial charge in [0.2, 0.25) is 0 Å². The van der Waals surface area contributed by atoms with Gasteiger partial charge in [0, 0.05) is 40.3 Å². The van der Waals surface area contributed by atoms with Gasteiger partial charge in [-0.2, -0.15) is 0 Å². The lowest BCUT2D eigenvalue weighted by atomic mass is 9.99. The highest BCUT2D eigenvalue weighted by Crippen LogP contribution is 2.38. The topological polar surface area (TPSA) is 46.6 Å². The van der Waals surface area contributed by atoms with Crippen LogP contribution >= 0.6 is 45.2 Å². The molecule has 2 heterocycles. The molecule has 0 radical (unpaired) electrons. The van der Waals surface area contributed by atoms with E-state index in [1.54, 1.807) is 0 Å². The van der Waals surface area contributed by atoms with E-state index in [0.717, 1.165) is 82.6 Å². The Labute approximate surface area is 331 Å². The Morgan fingerprint density at radius 3 is 1.75 bits per heavy atom. The van der Waals surface area contributed by atoms with Crippen molar-refractivity contribution in [2.75, 3.05) is 13.2 Å². The van der Waals surface area contributed by atoms with Crippen molar-refractivity contribution in [3.63, 3.8) is 0 Å². The first-order chi connectivity index (χ1) is 25.0. The summed E-state index contributed by atoms with van der Waals surface area (Å²) in [6.45, 7) is 6.06. The van der Waals surface area contributed by atoms with Crippen molar-refractivity contribution in [1.82, 2.24) is 4.98 Å². The van der Waals surface area contributed by atoms with Crippen molar-refractivity contribution >= 4 is 73.4 Å². The summed E-state index contributed by atoms with van der Waals surface area (Å²) in [5.74, 6) is 1.85. The summed E-state index contributed by atoms with van der Waals surface area (Å²) in [6, 6.07) is 30.3. The van der Waals surface area contributed by atoms with Gasteiger partial charge in [0.1, 0.15) is 11.5 Å². The molecule has 51 heavy (non-hydrogen) atoms. The van der Waals surface area contributed by atoms with E-state index >= 15 is 0 Å². The third kappa shape index (κ3) is 10.1. The van der Waals surface area contributed by atoms with Gasteiger partial charge in [-0.3, -0.25) is 0 Å². The maximum Gasteiger partial charge on any atom is 0.119 e. The third-order valence-corrected chi connectivity index (χ3v) is 11.0. The highest BCUT2D eigenvalue weighted by molar-refractivity contribution is 14.1. The minimum Gasteiger partial charge on any atom is -0.494 e. The summed E-state index contributed by atoms with van der Waals surface area (Å²) in [5.41, 5.74) is 8.68. The molecule has 0 fully saturated rings. The van der Waals surface area contributed by atoms with E-state index in [-0.39, 0.29) is 0 Å². The summed E-state index contributed by atoms with van der Waals surface area (Å²) in [7, 11) is 0. The number of nitrogens with zero attached hydrogens (tertiary/aromatic N) is 1. The van der Waals surface area contributed by atoms with E-state index < -0.39 is 0 Å². The molecule has 6 rings (SSSR count). The molecule has 0 saturated carbocycles. The maximum absolute atomic E-state index is 6.09. The van der Waals surface area contributed by atoms with Crippen molar-refractivity contribution in [3.8, 4) is 22.8 Å².